The van der Waals surface area contributed by atoms with E-state index in [1.807, 2.05) is 0 Å². The summed E-state index contributed by atoms with van der Waals surface area (Å²) in [7, 11) is 1.57. The van der Waals surface area contributed by atoms with Crippen molar-refractivity contribution in [2.45, 2.75) is 62.3 Å². The molecule has 2 aromatic heterocycles. The molecule has 1 saturated heterocycles. The molecule has 0 aromatic carbocycles. The Kier molecular flexibility index (Phi) is 5.72. The number of nitrogens with two attached hydrogens (primary N) is 1. The van der Waals surface area contributed by atoms with Crippen molar-refractivity contribution in [3.63, 3.8) is 0 Å². The molecule has 13 heteroatoms. The summed E-state index contributed by atoms with van der Waals surface area (Å²) in [5, 5.41) is 26.4. The fourth-order valence-electron chi connectivity index (χ4n) is 3.90. The van der Waals surface area contributed by atoms with Gasteiger partial charge in [0.1, 0.15) is 17.7 Å². The first-order valence-corrected chi connectivity index (χ1v) is 11.2. The quantitative estimate of drug-likeness (QED) is 0.324. The number of fused-ring (bicyclic) bond motifs is 1. The summed E-state index contributed by atoms with van der Waals surface area (Å²) in [6.45, 7) is 0.208. The topological polar surface area (TPSA) is 181 Å². The Morgan fingerprint density at radius 3 is 2.71 bits per heavy atom. The molecule has 180 valence electrons. The summed E-state index contributed by atoms with van der Waals surface area (Å²) < 4.78 is 7.12. The van der Waals surface area contributed by atoms with Crippen molar-refractivity contribution in [3.8, 4) is 11.8 Å². The summed E-state index contributed by atoms with van der Waals surface area (Å²) in [6.07, 6.45) is -0.135. The molecule has 2 aliphatic carbocycles. The zero-order valence-corrected chi connectivity index (χ0v) is 18.5. The standard InChI is InChI=1S/C21H26N8O5/c1-23-21(33)28(11-6-7-11)8-2-3-12-26-17(22)13-18(27-12)29(9-24-13)20-15(31)14(30)16(34-20)19(32)25-10-4-5-10/h9-11,14-16,20,30-31H,4-8H2,1H3,(H,23,33)(H,25,32)(H2,22,26,27)/t14-,15+,16-,20+/m0/s1. The maximum absolute atomic E-state index is 12.4. The van der Waals surface area contributed by atoms with Crippen LogP contribution in [0.4, 0.5) is 10.6 Å². The van der Waals surface area contributed by atoms with E-state index in [0.29, 0.717) is 0 Å². The second-order valence-electron chi connectivity index (χ2n) is 8.68. The Labute approximate surface area is 194 Å². The SMILES string of the molecule is CNC(=O)N(CC#Cc1nc(N)c2ncn([C@@H]3O[C@H](C(=O)NC4CC4)[C@@H](O)[C@H]3O)c2n1)C1CC1. The van der Waals surface area contributed by atoms with Gasteiger partial charge < -0.3 is 36.2 Å². The van der Waals surface area contributed by atoms with E-state index >= 15 is 0 Å². The van der Waals surface area contributed by atoms with E-state index in [9.17, 15) is 19.8 Å². The van der Waals surface area contributed by atoms with Crippen LogP contribution in [0, 0.1) is 11.8 Å². The molecule has 1 aliphatic heterocycles. The predicted octanol–water partition coefficient (Wildman–Crippen LogP) is -1.54. The maximum atomic E-state index is 12.4. The number of nitrogen functional groups attached to an aromatic ring is 1. The number of nitrogens with zero attached hydrogens (tertiary/aromatic N) is 5. The van der Waals surface area contributed by atoms with E-state index in [0.717, 1.165) is 25.7 Å². The molecule has 3 heterocycles. The third-order valence-corrected chi connectivity index (χ3v) is 6.05. The molecular weight excluding hydrogens is 444 g/mol. The number of hydrogen-bond acceptors (Lipinski definition) is 9. The zero-order chi connectivity index (χ0) is 24.0. The number of nitrogens with one attached hydrogen (secondary N) is 2. The van der Waals surface area contributed by atoms with Crippen molar-refractivity contribution in [1.82, 2.24) is 35.1 Å². The van der Waals surface area contributed by atoms with E-state index < -0.39 is 30.4 Å². The summed E-state index contributed by atoms with van der Waals surface area (Å²) in [5.74, 6) is 5.44. The lowest BCUT2D eigenvalue weighted by Gasteiger charge is -2.18. The summed E-state index contributed by atoms with van der Waals surface area (Å²) >= 11 is 0. The molecule has 0 spiro atoms. The van der Waals surface area contributed by atoms with Crippen LogP contribution in [-0.4, -0.2) is 90.6 Å². The first-order chi connectivity index (χ1) is 16.4. The summed E-state index contributed by atoms with van der Waals surface area (Å²) in [6, 6.07) is 0.0695. The van der Waals surface area contributed by atoms with Gasteiger partial charge in [-0.15, -0.1) is 0 Å². The van der Waals surface area contributed by atoms with Crippen molar-refractivity contribution >= 4 is 28.9 Å². The van der Waals surface area contributed by atoms with Gasteiger partial charge in [0.15, 0.2) is 23.8 Å². The molecule has 3 fully saturated rings. The number of ether oxygens (including phenoxy) is 1. The van der Waals surface area contributed by atoms with Crippen LogP contribution in [0.2, 0.25) is 0 Å². The number of aromatic nitrogens is 4. The number of aliphatic hydroxyl groups is 2. The number of imidazole rings is 1. The Bertz CT molecular complexity index is 1180. The van der Waals surface area contributed by atoms with E-state index in [-0.39, 0.29) is 47.5 Å². The zero-order valence-electron chi connectivity index (χ0n) is 18.5. The highest BCUT2D eigenvalue weighted by Crippen LogP contribution is 2.33. The number of urea groups is 1. The Hall–Kier alpha value is -3.47. The van der Waals surface area contributed by atoms with Crippen LogP contribution < -0.4 is 16.4 Å². The molecular formula is C21H26N8O5. The highest BCUT2D eigenvalue weighted by Gasteiger charge is 2.48. The monoisotopic (exact) mass is 470 g/mol. The van der Waals surface area contributed by atoms with Gasteiger partial charge in [-0.2, -0.15) is 0 Å². The van der Waals surface area contributed by atoms with Gasteiger partial charge >= 0.3 is 6.03 Å². The van der Waals surface area contributed by atoms with Gasteiger partial charge in [-0.3, -0.25) is 9.36 Å². The lowest BCUT2D eigenvalue weighted by atomic mass is 10.1. The molecule has 6 N–H and O–H groups in total. The molecule has 3 aliphatic rings. The molecule has 34 heavy (non-hydrogen) atoms. The first kappa shape index (κ1) is 22.3. The molecule has 4 atom stereocenters. The van der Waals surface area contributed by atoms with Crippen LogP contribution in [0.25, 0.3) is 11.2 Å². The highest BCUT2D eigenvalue weighted by molar-refractivity contribution is 5.83. The van der Waals surface area contributed by atoms with Crippen LogP contribution in [0.3, 0.4) is 0 Å². The van der Waals surface area contributed by atoms with Gasteiger partial charge in [-0.05, 0) is 31.6 Å². The van der Waals surface area contributed by atoms with Crippen molar-refractivity contribution in [2.75, 3.05) is 19.3 Å². The number of anilines is 1. The van der Waals surface area contributed by atoms with Gasteiger partial charge in [0, 0.05) is 19.1 Å². The van der Waals surface area contributed by atoms with Crippen LogP contribution in [-0.2, 0) is 9.53 Å². The van der Waals surface area contributed by atoms with Crippen LogP contribution in [0.15, 0.2) is 6.33 Å². The molecule has 2 saturated carbocycles. The van der Waals surface area contributed by atoms with Gasteiger partial charge in [0.05, 0.1) is 12.9 Å². The summed E-state index contributed by atoms with van der Waals surface area (Å²) in [4.78, 5) is 38.8. The molecule has 0 bridgehead atoms. The number of hydrogen-bond donors (Lipinski definition) is 5. The van der Waals surface area contributed by atoms with Crippen molar-refractivity contribution in [1.29, 1.82) is 0 Å². The van der Waals surface area contributed by atoms with E-state index in [1.165, 1.54) is 10.9 Å². The second kappa shape index (κ2) is 8.71. The minimum atomic E-state index is -1.42. The minimum Gasteiger partial charge on any atom is -0.387 e. The molecule has 0 unspecified atom stereocenters. The van der Waals surface area contributed by atoms with Gasteiger partial charge in [-0.25, -0.2) is 19.7 Å². The average molecular weight is 470 g/mol. The third kappa shape index (κ3) is 4.23. The third-order valence-electron chi connectivity index (χ3n) is 6.05. The van der Waals surface area contributed by atoms with E-state index in [2.05, 4.69) is 37.4 Å². The largest absolute Gasteiger partial charge is 0.387 e. The molecule has 2 aromatic rings. The molecule has 0 radical (unpaired) electrons. The molecule has 13 nitrogen and oxygen atoms in total. The van der Waals surface area contributed by atoms with Crippen molar-refractivity contribution < 1.29 is 24.5 Å². The predicted molar refractivity (Wildman–Crippen MR) is 118 cm³/mol. The average Bonchev–Trinajstić information content (AvgIpc) is 3.74. The lowest BCUT2D eigenvalue weighted by Crippen LogP contribution is -2.43. The Morgan fingerprint density at radius 1 is 1.26 bits per heavy atom. The van der Waals surface area contributed by atoms with Crippen molar-refractivity contribution in [2.24, 2.45) is 0 Å². The normalized spacial score (nSPS) is 26.1. The number of aliphatic hydroxyl groups excluding tert-OH is 2. The van der Waals surface area contributed by atoms with E-state index in [1.54, 1.807) is 11.9 Å². The van der Waals surface area contributed by atoms with Crippen LogP contribution in [0.1, 0.15) is 37.7 Å². The van der Waals surface area contributed by atoms with Crippen LogP contribution in [0.5, 0.6) is 0 Å². The lowest BCUT2D eigenvalue weighted by molar-refractivity contribution is -0.137. The second-order valence-corrected chi connectivity index (χ2v) is 8.68. The van der Waals surface area contributed by atoms with Gasteiger partial charge in [0.2, 0.25) is 5.82 Å². The number of carbonyl (C=O) groups is 2. The fraction of sp³-hybridized carbons (Fsp3) is 0.571. The number of carbonyl (C=O) groups excluding carboxylic acids is 2. The minimum absolute atomic E-state index is 0.0782. The molecule has 5 rings (SSSR count). The Morgan fingerprint density at radius 2 is 2.03 bits per heavy atom. The first-order valence-electron chi connectivity index (χ1n) is 11.2. The maximum Gasteiger partial charge on any atom is 0.318 e. The van der Waals surface area contributed by atoms with Crippen molar-refractivity contribution in [3.05, 3.63) is 12.2 Å². The number of rotatable bonds is 5. The molecule has 3 amide bonds. The highest BCUT2D eigenvalue weighted by atomic mass is 16.6. The van der Waals surface area contributed by atoms with E-state index in [4.69, 9.17) is 10.5 Å². The summed E-state index contributed by atoms with van der Waals surface area (Å²) in [5.41, 5.74) is 6.55. The van der Waals surface area contributed by atoms with Crippen LogP contribution >= 0.6 is 0 Å². The van der Waals surface area contributed by atoms with Gasteiger partial charge in [0.25, 0.3) is 5.91 Å². The Balaban J connectivity index is 1.38. The fourth-order valence-corrected chi connectivity index (χ4v) is 3.90. The van der Waals surface area contributed by atoms with Gasteiger partial charge in [-0.1, -0.05) is 5.92 Å². The number of amides is 3. The smallest absolute Gasteiger partial charge is 0.318 e.